The van der Waals surface area contributed by atoms with Crippen molar-refractivity contribution in [1.82, 2.24) is 15.5 Å². The zero-order valence-electron chi connectivity index (χ0n) is 16.8. The van der Waals surface area contributed by atoms with Gasteiger partial charge in [-0.1, -0.05) is 43.3 Å². The highest BCUT2D eigenvalue weighted by molar-refractivity contribution is 5.96. The van der Waals surface area contributed by atoms with E-state index in [1.54, 1.807) is 6.92 Å². The maximum atomic E-state index is 12.9. The van der Waals surface area contributed by atoms with Crippen molar-refractivity contribution in [3.8, 4) is 0 Å². The van der Waals surface area contributed by atoms with E-state index in [1.165, 1.54) is 5.56 Å². The SMILES string of the molecule is CC1C=C(C(F)(F)F)C=C(C(=O)NCC(=O)N[C@@H]2CCN(Cc3ccccc3)C2)C1. The molecule has 2 atom stereocenters. The molecule has 0 spiro atoms. The first-order valence-corrected chi connectivity index (χ1v) is 10.0. The molecular formula is C22H26F3N3O2. The van der Waals surface area contributed by atoms with Crippen LogP contribution in [0.1, 0.15) is 25.3 Å². The number of hydrogen-bond donors (Lipinski definition) is 2. The monoisotopic (exact) mass is 421 g/mol. The highest BCUT2D eigenvalue weighted by Gasteiger charge is 2.35. The lowest BCUT2D eigenvalue weighted by molar-refractivity contribution is -0.124. The molecule has 1 fully saturated rings. The van der Waals surface area contributed by atoms with Gasteiger partial charge in [0.15, 0.2) is 0 Å². The van der Waals surface area contributed by atoms with Crippen molar-refractivity contribution >= 4 is 11.8 Å². The van der Waals surface area contributed by atoms with Crippen LogP contribution in [0.25, 0.3) is 0 Å². The van der Waals surface area contributed by atoms with Crippen LogP contribution in [0.4, 0.5) is 13.2 Å². The van der Waals surface area contributed by atoms with E-state index >= 15 is 0 Å². The summed E-state index contributed by atoms with van der Waals surface area (Å²) in [6.07, 6.45) is -1.48. The largest absolute Gasteiger partial charge is 0.416 e. The van der Waals surface area contributed by atoms with Gasteiger partial charge in [0.25, 0.3) is 0 Å². The minimum absolute atomic E-state index is 0.00759. The number of benzene rings is 1. The van der Waals surface area contributed by atoms with Crippen molar-refractivity contribution in [3.05, 3.63) is 59.2 Å². The molecule has 30 heavy (non-hydrogen) atoms. The number of nitrogens with one attached hydrogen (secondary N) is 2. The van der Waals surface area contributed by atoms with E-state index in [-0.39, 0.29) is 30.5 Å². The summed E-state index contributed by atoms with van der Waals surface area (Å²) in [5.41, 5.74) is 0.430. The lowest BCUT2D eigenvalue weighted by Gasteiger charge is -2.20. The average molecular weight is 421 g/mol. The molecule has 0 radical (unpaired) electrons. The van der Waals surface area contributed by atoms with E-state index in [0.29, 0.717) is 0 Å². The maximum Gasteiger partial charge on any atom is 0.416 e. The smallest absolute Gasteiger partial charge is 0.350 e. The first-order chi connectivity index (χ1) is 14.2. The van der Waals surface area contributed by atoms with Gasteiger partial charge in [-0.05, 0) is 30.4 Å². The summed E-state index contributed by atoms with van der Waals surface area (Å²) in [7, 11) is 0. The number of allylic oxidation sites excluding steroid dienone is 3. The van der Waals surface area contributed by atoms with Crippen molar-refractivity contribution in [2.45, 2.75) is 38.5 Å². The molecule has 3 rings (SSSR count). The molecule has 1 aliphatic carbocycles. The Morgan fingerprint density at radius 1 is 1.20 bits per heavy atom. The van der Waals surface area contributed by atoms with Crippen LogP contribution in [0.2, 0.25) is 0 Å². The Morgan fingerprint density at radius 3 is 2.63 bits per heavy atom. The third-order valence-corrected chi connectivity index (χ3v) is 5.25. The Hall–Kier alpha value is -2.61. The van der Waals surface area contributed by atoms with Gasteiger partial charge in [-0.3, -0.25) is 14.5 Å². The number of nitrogens with zero attached hydrogens (tertiary/aromatic N) is 1. The number of carbonyl (C=O) groups excluding carboxylic acids is 2. The van der Waals surface area contributed by atoms with Crippen molar-refractivity contribution in [3.63, 3.8) is 0 Å². The number of rotatable bonds is 6. The molecule has 1 unspecified atom stereocenters. The molecule has 0 bridgehead atoms. The van der Waals surface area contributed by atoms with Gasteiger partial charge in [0, 0.05) is 31.2 Å². The quantitative estimate of drug-likeness (QED) is 0.743. The van der Waals surface area contributed by atoms with Gasteiger partial charge in [-0.15, -0.1) is 0 Å². The number of carbonyl (C=O) groups is 2. The number of halogens is 3. The Balaban J connectivity index is 1.44. The topological polar surface area (TPSA) is 61.4 Å². The van der Waals surface area contributed by atoms with E-state index < -0.39 is 23.6 Å². The summed E-state index contributed by atoms with van der Waals surface area (Å²) >= 11 is 0. The van der Waals surface area contributed by atoms with Crippen LogP contribution < -0.4 is 10.6 Å². The fourth-order valence-corrected chi connectivity index (χ4v) is 3.83. The molecule has 1 aromatic carbocycles. The molecule has 2 aliphatic rings. The van der Waals surface area contributed by atoms with Crippen molar-refractivity contribution in [2.75, 3.05) is 19.6 Å². The molecule has 5 nitrogen and oxygen atoms in total. The van der Waals surface area contributed by atoms with E-state index in [2.05, 4.69) is 27.7 Å². The predicted molar refractivity (Wildman–Crippen MR) is 107 cm³/mol. The summed E-state index contributed by atoms with van der Waals surface area (Å²) in [6.45, 7) is 3.76. The van der Waals surface area contributed by atoms with E-state index in [4.69, 9.17) is 0 Å². The molecule has 162 valence electrons. The lowest BCUT2D eigenvalue weighted by atomic mass is 9.91. The molecule has 0 saturated carbocycles. The zero-order chi connectivity index (χ0) is 21.7. The number of alkyl halides is 3. The van der Waals surface area contributed by atoms with Gasteiger partial charge in [0.1, 0.15) is 0 Å². The van der Waals surface area contributed by atoms with Gasteiger partial charge in [-0.25, -0.2) is 0 Å². The first kappa shape index (κ1) is 22.1. The summed E-state index contributed by atoms with van der Waals surface area (Å²) in [5, 5.41) is 5.33. The van der Waals surface area contributed by atoms with Gasteiger partial charge in [0.2, 0.25) is 11.8 Å². The fourth-order valence-electron chi connectivity index (χ4n) is 3.83. The molecule has 2 amide bonds. The molecule has 1 heterocycles. The van der Waals surface area contributed by atoms with E-state index in [0.717, 1.165) is 38.2 Å². The van der Waals surface area contributed by atoms with Crippen LogP contribution in [0.5, 0.6) is 0 Å². The zero-order valence-corrected chi connectivity index (χ0v) is 16.8. The maximum absolute atomic E-state index is 12.9. The van der Waals surface area contributed by atoms with Crippen LogP contribution in [0.3, 0.4) is 0 Å². The molecule has 0 aromatic heterocycles. The fraction of sp³-hybridized carbons (Fsp3) is 0.455. The van der Waals surface area contributed by atoms with Gasteiger partial charge >= 0.3 is 6.18 Å². The van der Waals surface area contributed by atoms with Gasteiger partial charge in [0.05, 0.1) is 12.1 Å². The molecule has 1 saturated heterocycles. The highest BCUT2D eigenvalue weighted by atomic mass is 19.4. The number of amides is 2. The van der Waals surface area contributed by atoms with Crippen LogP contribution in [-0.4, -0.2) is 48.6 Å². The minimum Gasteiger partial charge on any atom is -0.350 e. The molecule has 8 heteroatoms. The number of hydrogen-bond acceptors (Lipinski definition) is 3. The Labute approximate surface area is 174 Å². The van der Waals surface area contributed by atoms with Crippen LogP contribution >= 0.6 is 0 Å². The summed E-state index contributed by atoms with van der Waals surface area (Å²) in [6, 6.07) is 10.1. The Morgan fingerprint density at radius 2 is 1.93 bits per heavy atom. The molecular weight excluding hydrogens is 395 g/mol. The van der Waals surface area contributed by atoms with E-state index in [1.807, 2.05) is 18.2 Å². The first-order valence-electron chi connectivity index (χ1n) is 10.0. The molecule has 1 aromatic rings. The third kappa shape index (κ3) is 6.19. The lowest BCUT2D eigenvalue weighted by Crippen LogP contribution is -2.43. The second kappa shape index (κ2) is 9.47. The minimum atomic E-state index is -4.49. The van der Waals surface area contributed by atoms with E-state index in [9.17, 15) is 22.8 Å². The second-order valence-corrected chi connectivity index (χ2v) is 7.93. The molecule has 1 aliphatic heterocycles. The highest BCUT2D eigenvalue weighted by Crippen LogP contribution is 2.33. The third-order valence-electron chi connectivity index (χ3n) is 5.25. The van der Waals surface area contributed by atoms with Crippen LogP contribution in [0, 0.1) is 5.92 Å². The summed E-state index contributed by atoms with van der Waals surface area (Å²) in [4.78, 5) is 26.7. The Bertz CT molecular complexity index is 834. The molecule has 2 N–H and O–H groups in total. The second-order valence-electron chi connectivity index (χ2n) is 7.93. The standard InChI is InChI=1S/C22H26F3N3O2/c1-15-9-17(11-18(10-15)22(23,24)25)21(30)26-12-20(29)27-19-7-8-28(14-19)13-16-5-3-2-4-6-16/h2-6,10-11,15,19H,7-9,12-14H2,1H3,(H,26,30)(H,27,29)/t15?,19-/m1/s1. The summed E-state index contributed by atoms with van der Waals surface area (Å²) in [5.74, 6) is -1.37. The number of likely N-dealkylation sites (tertiary alicyclic amines) is 1. The van der Waals surface area contributed by atoms with Crippen molar-refractivity contribution in [2.24, 2.45) is 5.92 Å². The van der Waals surface area contributed by atoms with Crippen molar-refractivity contribution in [1.29, 1.82) is 0 Å². The van der Waals surface area contributed by atoms with Crippen molar-refractivity contribution < 1.29 is 22.8 Å². The van der Waals surface area contributed by atoms with Gasteiger partial charge in [-0.2, -0.15) is 13.2 Å². The van der Waals surface area contributed by atoms with Crippen LogP contribution in [-0.2, 0) is 16.1 Å². The average Bonchev–Trinajstić information content (AvgIpc) is 3.12. The predicted octanol–water partition coefficient (Wildman–Crippen LogP) is 2.95. The van der Waals surface area contributed by atoms with Gasteiger partial charge < -0.3 is 10.6 Å². The van der Waals surface area contributed by atoms with Crippen LogP contribution in [0.15, 0.2) is 53.6 Å². The normalized spacial score (nSPS) is 22.3. The summed E-state index contributed by atoms with van der Waals surface area (Å²) < 4.78 is 38.8. The Kier molecular flexibility index (Phi) is 6.97.